The van der Waals surface area contributed by atoms with E-state index in [1.165, 1.54) is 18.4 Å². The van der Waals surface area contributed by atoms with E-state index in [-0.39, 0.29) is 5.56 Å². The minimum Gasteiger partial charge on any atom is -0.351 e. The Morgan fingerprint density at radius 3 is 2.62 bits per heavy atom. The number of aryl methyl sites for hydroxylation is 1. The van der Waals surface area contributed by atoms with Crippen LogP contribution in [0.2, 0.25) is 0 Å². The van der Waals surface area contributed by atoms with Gasteiger partial charge in [-0.3, -0.25) is 4.79 Å². The predicted octanol–water partition coefficient (Wildman–Crippen LogP) is 2.16. The topological polar surface area (TPSA) is 38.1 Å². The fourth-order valence-electron chi connectivity index (χ4n) is 3.82. The smallest absolute Gasteiger partial charge is 0.293 e. The average Bonchev–Trinajstić information content (AvgIpc) is 2.41. The van der Waals surface area contributed by atoms with Crippen LogP contribution >= 0.6 is 0 Å². The Morgan fingerprint density at radius 2 is 1.90 bits per heavy atom. The third-order valence-corrected chi connectivity index (χ3v) is 4.98. The molecule has 0 unspecified atom stereocenters. The van der Waals surface area contributed by atoms with Crippen molar-refractivity contribution in [2.75, 3.05) is 18.0 Å². The first-order chi connectivity index (χ1) is 10.2. The summed E-state index contributed by atoms with van der Waals surface area (Å²) >= 11 is 0. The number of hydrogen-bond donors (Lipinski definition) is 0. The second kappa shape index (κ2) is 4.45. The first-order valence-corrected chi connectivity index (χ1v) is 7.48. The molecule has 1 aliphatic heterocycles. The van der Waals surface area contributed by atoms with Crippen LogP contribution < -0.4 is 10.5 Å². The summed E-state index contributed by atoms with van der Waals surface area (Å²) in [5, 5.41) is 0. The van der Waals surface area contributed by atoms with E-state index < -0.39 is 0 Å². The standard InChI is InChI=1S/C17H19N3O/c1-19-8-7-18-15(16(19)21)20-11-17(12-20)9-14(10-17)13-5-3-2-4-6-13/h2-8,14H,9-12H2,1H3. The number of rotatable bonds is 2. The fourth-order valence-corrected chi connectivity index (χ4v) is 3.82. The highest BCUT2D eigenvalue weighted by Gasteiger charge is 2.53. The lowest BCUT2D eigenvalue weighted by Gasteiger charge is -2.59. The first kappa shape index (κ1) is 12.6. The molecule has 1 saturated heterocycles. The molecule has 21 heavy (non-hydrogen) atoms. The second-order valence-electron chi connectivity index (χ2n) is 6.54. The van der Waals surface area contributed by atoms with Crippen LogP contribution in [0.5, 0.6) is 0 Å². The summed E-state index contributed by atoms with van der Waals surface area (Å²) in [7, 11) is 1.78. The molecule has 2 aliphatic rings. The van der Waals surface area contributed by atoms with Gasteiger partial charge in [-0.15, -0.1) is 0 Å². The van der Waals surface area contributed by atoms with E-state index in [9.17, 15) is 4.79 Å². The Bertz CT molecular complexity index is 708. The molecule has 2 heterocycles. The minimum atomic E-state index is 0.00582. The van der Waals surface area contributed by atoms with Crippen molar-refractivity contribution in [2.24, 2.45) is 12.5 Å². The molecule has 0 radical (unpaired) electrons. The predicted molar refractivity (Wildman–Crippen MR) is 82.5 cm³/mol. The van der Waals surface area contributed by atoms with Gasteiger partial charge in [0.2, 0.25) is 0 Å². The highest BCUT2D eigenvalue weighted by molar-refractivity contribution is 5.43. The largest absolute Gasteiger partial charge is 0.351 e. The first-order valence-electron chi connectivity index (χ1n) is 7.48. The summed E-state index contributed by atoms with van der Waals surface area (Å²) in [5.74, 6) is 1.30. The lowest BCUT2D eigenvalue weighted by molar-refractivity contribution is 0.0624. The van der Waals surface area contributed by atoms with Crippen LogP contribution in [-0.2, 0) is 7.05 Å². The lowest BCUT2D eigenvalue weighted by atomic mass is 9.56. The third kappa shape index (κ3) is 1.97. The Hall–Kier alpha value is -2.10. The van der Waals surface area contributed by atoms with Crippen molar-refractivity contribution in [1.29, 1.82) is 0 Å². The van der Waals surface area contributed by atoms with Crippen molar-refractivity contribution < 1.29 is 0 Å². The summed E-state index contributed by atoms with van der Waals surface area (Å²) in [5.41, 5.74) is 1.88. The molecule has 0 N–H and O–H groups in total. The van der Waals surface area contributed by atoms with Gasteiger partial charge in [0.25, 0.3) is 5.56 Å². The van der Waals surface area contributed by atoms with Crippen LogP contribution in [-0.4, -0.2) is 22.6 Å². The van der Waals surface area contributed by atoms with Gasteiger partial charge in [0.05, 0.1) is 0 Å². The van der Waals surface area contributed by atoms with Crippen LogP contribution in [0.3, 0.4) is 0 Å². The molecule has 4 heteroatoms. The van der Waals surface area contributed by atoms with Crippen LogP contribution in [0, 0.1) is 5.41 Å². The van der Waals surface area contributed by atoms with Gasteiger partial charge in [0, 0.05) is 37.9 Å². The molecule has 4 nitrogen and oxygen atoms in total. The van der Waals surface area contributed by atoms with Gasteiger partial charge in [0.15, 0.2) is 5.82 Å². The van der Waals surface area contributed by atoms with E-state index in [0.29, 0.717) is 17.2 Å². The van der Waals surface area contributed by atoms with Gasteiger partial charge >= 0.3 is 0 Å². The number of nitrogens with zero attached hydrogens (tertiary/aromatic N) is 3. The van der Waals surface area contributed by atoms with E-state index >= 15 is 0 Å². The Labute approximate surface area is 124 Å². The summed E-state index contributed by atoms with van der Waals surface area (Å²) < 4.78 is 1.60. The normalized spacial score (nSPS) is 20.1. The van der Waals surface area contributed by atoms with Gasteiger partial charge in [-0.05, 0) is 24.3 Å². The highest BCUT2D eigenvalue weighted by Crippen LogP contribution is 2.56. The monoisotopic (exact) mass is 281 g/mol. The molecule has 0 bridgehead atoms. The molecule has 1 aliphatic carbocycles. The van der Waals surface area contributed by atoms with Gasteiger partial charge < -0.3 is 9.47 Å². The summed E-state index contributed by atoms with van der Waals surface area (Å²) in [6.45, 7) is 1.95. The Kier molecular flexibility index (Phi) is 2.67. The number of aromatic nitrogens is 2. The maximum absolute atomic E-state index is 12.1. The van der Waals surface area contributed by atoms with E-state index in [0.717, 1.165) is 13.1 Å². The fraction of sp³-hybridized carbons (Fsp3) is 0.412. The van der Waals surface area contributed by atoms with Crippen molar-refractivity contribution in [2.45, 2.75) is 18.8 Å². The van der Waals surface area contributed by atoms with Crippen molar-refractivity contribution in [3.05, 3.63) is 58.6 Å². The van der Waals surface area contributed by atoms with Crippen LogP contribution in [0.25, 0.3) is 0 Å². The number of anilines is 1. The molecule has 1 spiro atoms. The molecule has 0 amide bonds. The zero-order chi connectivity index (χ0) is 14.4. The molecule has 108 valence electrons. The molecule has 0 atom stereocenters. The number of hydrogen-bond acceptors (Lipinski definition) is 3. The van der Waals surface area contributed by atoms with E-state index in [1.54, 1.807) is 24.0 Å². The lowest BCUT2D eigenvalue weighted by Crippen LogP contribution is -2.63. The van der Waals surface area contributed by atoms with Crippen molar-refractivity contribution in [3.63, 3.8) is 0 Å². The molecular formula is C17H19N3O. The SMILES string of the molecule is Cn1ccnc(N2CC3(CC(c4ccccc4)C3)C2)c1=O. The van der Waals surface area contributed by atoms with Gasteiger partial charge in [0.1, 0.15) is 0 Å². The molecule has 4 rings (SSSR count). The second-order valence-corrected chi connectivity index (χ2v) is 6.54. The summed E-state index contributed by atoms with van der Waals surface area (Å²) in [4.78, 5) is 18.4. The summed E-state index contributed by atoms with van der Waals surface area (Å²) in [6, 6.07) is 10.8. The number of benzene rings is 1. The van der Waals surface area contributed by atoms with E-state index in [4.69, 9.17) is 0 Å². The van der Waals surface area contributed by atoms with Gasteiger partial charge in [-0.1, -0.05) is 30.3 Å². The molecule has 1 aromatic heterocycles. The quantitative estimate of drug-likeness (QED) is 0.846. The highest BCUT2D eigenvalue weighted by atomic mass is 16.1. The van der Waals surface area contributed by atoms with Crippen molar-refractivity contribution in [1.82, 2.24) is 9.55 Å². The molecule has 2 aromatic rings. The Balaban J connectivity index is 1.43. The van der Waals surface area contributed by atoms with Crippen molar-refractivity contribution >= 4 is 5.82 Å². The summed E-state index contributed by atoms with van der Waals surface area (Å²) in [6.07, 6.45) is 5.88. The molecule has 2 fully saturated rings. The molecular weight excluding hydrogens is 262 g/mol. The van der Waals surface area contributed by atoms with Crippen LogP contribution in [0.1, 0.15) is 24.3 Å². The van der Waals surface area contributed by atoms with Crippen LogP contribution in [0.15, 0.2) is 47.5 Å². The maximum atomic E-state index is 12.1. The van der Waals surface area contributed by atoms with E-state index in [2.05, 4.69) is 40.2 Å². The van der Waals surface area contributed by atoms with E-state index in [1.807, 2.05) is 0 Å². The van der Waals surface area contributed by atoms with Gasteiger partial charge in [-0.2, -0.15) is 0 Å². The minimum absolute atomic E-state index is 0.00582. The Morgan fingerprint density at radius 1 is 1.19 bits per heavy atom. The zero-order valence-corrected chi connectivity index (χ0v) is 12.2. The van der Waals surface area contributed by atoms with Gasteiger partial charge in [-0.25, -0.2) is 4.98 Å². The average molecular weight is 281 g/mol. The third-order valence-electron chi connectivity index (χ3n) is 4.98. The zero-order valence-electron chi connectivity index (χ0n) is 12.2. The maximum Gasteiger partial charge on any atom is 0.293 e. The van der Waals surface area contributed by atoms with Crippen molar-refractivity contribution in [3.8, 4) is 0 Å². The molecule has 1 saturated carbocycles. The van der Waals surface area contributed by atoms with Crippen LogP contribution in [0.4, 0.5) is 5.82 Å². The molecule has 1 aromatic carbocycles.